The molecule has 1 aromatic heterocycles. The molecule has 1 fully saturated rings. The molecule has 34 heavy (non-hydrogen) atoms. The van der Waals surface area contributed by atoms with Gasteiger partial charge in [-0.2, -0.15) is 13.2 Å². The number of aliphatic hydroxyl groups excluding tert-OH is 1. The number of nitrogens with zero attached hydrogens (tertiary/aromatic N) is 3. The predicted octanol–water partition coefficient (Wildman–Crippen LogP) is 0.570. The van der Waals surface area contributed by atoms with E-state index in [2.05, 4.69) is 4.98 Å². The highest BCUT2D eigenvalue weighted by Crippen LogP contribution is 2.43. The molecule has 3 aliphatic rings. The first-order valence-corrected chi connectivity index (χ1v) is 11.8. The van der Waals surface area contributed by atoms with Crippen LogP contribution in [0.5, 0.6) is 0 Å². The molecule has 1 aromatic rings. The fraction of sp³-hybridized carbons (Fsp3) is 0.500. The lowest BCUT2D eigenvalue weighted by Gasteiger charge is -2.37. The smallest absolute Gasteiger partial charge is 0.428 e. The second-order valence-corrected chi connectivity index (χ2v) is 9.55. The van der Waals surface area contributed by atoms with Crippen LogP contribution < -0.4 is 11.1 Å². The monoisotopic (exact) mass is 498 g/mol. The minimum Gasteiger partial charge on any atom is -0.497 e. The Labute approximate surface area is 198 Å². The molecule has 8 nitrogen and oxygen atoms in total. The second-order valence-electron chi connectivity index (χ2n) is 8.46. The van der Waals surface area contributed by atoms with E-state index in [1.807, 2.05) is 19.1 Å². The van der Waals surface area contributed by atoms with Crippen LogP contribution in [0.25, 0.3) is 0 Å². The Bertz CT molecular complexity index is 1060. The third-order valence-corrected chi connectivity index (χ3v) is 7.43. The van der Waals surface area contributed by atoms with Crippen molar-refractivity contribution in [1.29, 1.82) is 0 Å². The van der Waals surface area contributed by atoms with E-state index in [1.165, 1.54) is 28.7 Å². The fourth-order valence-electron chi connectivity index (χ4n) is 4.52. The van der Waals surface area contributed by atoms with Crippen molar-refractivity contribution in [3.8, 4) is 0 Å². The average Bonchev–Trinajstić information content (AvgIpc) is 3.13. The van der Waals surface area contributed by atoms with Crippen LogP contribution in [-0.4, -0.2) is 77.2 Å². The van der Waals surface area contributed by atoms with E-state index < -0.39 is 12.4 Å². The number of rotatable bonds is 4. The number of halogens is 3. The Morgan fingerprint density at radius 2 is 2.09 bits per heavy atom. The first-order chi connectivity index (χ1) is 16.1. The molecule has 0 bridgehead atoms. The second kappa shape index (κ2) is 9.51. The van der Waals surface area contributed by atoms with Crippen LogP contribution in [0.15, 0.2) is 35.3 Å². The highest BCUT2D eigenvalue weighted by molar-refractivity contribution is 7.13. The van der Waals surface area contributed by atoms with Crippen molar-refractivity contribution in [2.24, 2.45) is 11.7 Å². The average molecular weight is 499 g/mol. The summed E-state index contributed by atoms with van der Waals surface area (Å²) in [7, 11) is 0. The summed E-state index contributed by atoms with van der Waals surface area (Å²) in [6.45, 7) is 2.50. The van der Waals surface area contributed by atoms with Crippen molar-refractivity contribution < 1.29 is 33.2 Å². The number of allylic oxidation sites excluding steroid dienone is 5. The predicted molar refractivity (Wildman–Crippen MR) is 120 cm³/mol. The number of aliphatic hydroxyl groups is 1. The number of fused-ring (bicyclic) bond motifs is 3. The molecular formula is C22H27F3N5O3S+. The van der Waals surface area contributed by atoms with Crippen molar-refractivity contribution in [2.45, 2.75) is 31.7 Å². The molecule has 1 amide bonds. The van der Waals surface area contributed by atoms with Gasteiger partial charge in [-0.1, -0.05) is 13.0 Å². The van der Waals surface area contributed by atoms with Gasteiger partial charge < -0.3 is 20.5 Å². The topological polar surface area (TPSA) is 118 Å². The van der Waals surface area contributed by atoms with Gasteiger partial charge >= 0.3 is 6.18 Å². The van der Waals surface area contributed by atoms with Crippen LogP contribution in [0.3, 0.4) is 0 Å². The van der Waals surface area contributed by atoms with E-state index in [1.54, 1.807) is 0 Å². The zero-order chi connectivity index (χ0) is 24.6. The summed E-state index contributed by atoms with van der Waals surface area (Å²) in [5.41, 5.74) is 8.02. The number of thiazole rings is 1. The summed E-state index contributed by atoms with van der Waals surface area (Å²) in [6.07, 6.45) is 0.165. The molecule has 1 saturated heterocycles. The summed E-state index contributed by atoms with van der Waals surface area (Å²) in [5, 5.41) is 15.4. The van der Waals surface area contributed by atoms with Gasteiger partial charge in [-0.3, -0.25) is 15.1 Å². The molecule has 12 heteroatoms. The minimum atomic E-state index is -4.72. The number of carbonyl (C=O) groups excluding carboxylic acids is 1. The quantitative estimate of drug-likeness (QED) is 0.523. The minimum absolute atomic E-state index is 0.0132. The molecule has 0 spiro atoms. The van der Waals surface area contributed by atoms with Crippen molar-refractivity contribution >= 4 is 23.5 Å². The highest BCUT2D eigenvalue weighted by Gasteiger charge is 2.44. The van der Waals surface area contributed by atoms with Gasteiger partial charge in [-0.05, 0) is 17.6 Å². The lowest BCUT2D eigenvalue weighted by Crippen LogP contribution is -2.55. The standard InChI is InChI=1S/C22H26F3N5O3S/c1-12-8-13(14(10-26)11-27)9-15-17(12)18-16(2-7-33-15)34-19(28-18)20(31)29-3-5-30(6-4-29)21(32)22(23,24)25/h8-12,17,21,26,32H,2-7,27H2,1H3/p+1. The van der Waals surface area contributed by atoms with E-state index in [9.17, 15) is 23.1 Å². The molecule has 0 saturated carbocycles. The third kappa shape index (κ3) is 4.62. The summed E-state index contributed by atoms with van der Waals surface area (Å²) in [6, 6.07) is 0. The number of amides is 1. The van der Waals surface area contributed by atoms with E-state index in [0.29, 0.717) is 23.6 Å². The molecular weight excluding hydrogens is 471 g/mol. The number of alkyl halides is 3. The summed E-state index contributed by atoms with van der Waals surface area (Å²) in [4.78, 5) is 21.2. The Kier molecular flexibility index (Phi) is 6.83. The van der Waals surface area contributed by atoms with Crippen LogP contribution >= 0.6 is 11.3 Å². The van der Waals surface area contributed by atoms with Gasteiger partial charge in [0.05, 0.1) is 23.8 Å². The normalized spacial score (nSPS) is 24.7. The molecule has 1 aliphatic carbocycles. The number of hydrogen-bond donors (Lipinski definition) is 3. The molecule has 184 valence electrons. The maximum atomic E-state index is 13.1. The summed E-state index contributed by atoms with van der Waals surface area (Å²) in [5.74, 6) is 0.286. The zero-order valence-corrected chi connectivity index (χ0v) is 19.4. The number of hydrogen-bond acceptors (Lipinski definition) is 7. The number of piperazine rings is 1. The van der Waals surface area contributed by atoms with E-state index in [-0.39, 0.29) is 43.9 Å². The van der Waals surface area contributed by atoms with Crippen LogP contribution in [0.1, 0.15) is 33.2 Å². The SMILES string of the molecule is CC1C=C(C(C=[NH2+])=CN)C=C2OCCc3sc(C(=O)N4CCN(C(O)C(F)(F)F)CC4)nc3C21. The van der Waals surface area contributed by atoms with Crippen LogP contribution in [-0.2, 0) is 11.2 Å². The molecule has 3 atom stereocenters. The Morgan fingerprint density at radius 1 is 1.38 bits per heavy atom. The Balaban J connectivity index is 1.52. The largest absolute Gasteiger partial charge is 0.497 e. The van der Waals surface area contributed by atoms with Gasteiger partial charge in [0.25, 0.3) is 5.91 Å². The van der Waals surface area contributed by atoms with E-state index in [4.69, 9.17) is 15.9 Å². The number of carbonyl (C=O) groups is 1. The maximum Gasteiger partial charge on any atom is 0.428 e. The fourth-order valence-corrected chi connectivity index (χ4v) is 5.58. The van der Waals surface area contributed by atoms with Crippen molar-refractivity contribution in [3.05, 3.63) is 50.8 Å². The Morgan fingerprint density at radius 3 is 2.71 bits per heavy atom. The molecule has 3 unspecified atom stereocenters. The third-order valence-electron chi connectivity index (χ3n) is 6.31. The molecule has 4 rings (SSSR count). The molecule has 0 radical (unpaired) electrons. The first kappa shape index (κ1) is 24.4. The first-order valence-electron chi connectivity index (χ1n) is 10.9. The zero-order valence-electron chi connectivity index (χ0n) is 18.6. The van der Waals surface area contributed by atoms with Gasteiger partial charge in [0, 0.05) is 43.7 Å². The lowest BCUT2D eigenvalue weighted by atomic mass is 9.81. The molecule has 0 aromatic carbocycles. The van der Waals surface area contributed by atoms with Gasteiger partial charge in [0.15, 0.2) is 11.2 Å². The van der Waals surface area contributed by atoms with E-state index in [0.717, 1.165) is 26.8 Å². The number of aromatic nitrogens is 1. The van der Waals surface area contributed by atoms with Gasteiger partial charge in [0.2, 0.25) is 6.23 Å². The van der Waals surface area contributed by atoms with Gasteiger partial charge in [0.1, 0.15) is 5.76 Å². The highest BCUT2D eigenvalue weighted by atomic mass is 32.1. The van der Waals surface area contributed by atoms with Gasteiger partial charge in [-0.25, -0.2) is 4.98 Å². The number of ether oxygens (including phenoxy) is 1. The molecule has 2 aliphatic heterocycles. The van der Waals surface area contributed by atoms with Crippen molar-refractivity contribution in [2.75, 3.05) is 32.8 Å². The van der Waals surface area contributed by atoms with Crippen molar-refractivity contribution in [1.82, 2.24) is 14.8 Å². The summed E-state index contributed by atoms with van der Waals surface area (Å²) >= 11 is 1.30. The molecule has 5 N–H and O–H groups in total. The van der Waals surface area contributed by atoms with Gasteiger partial charge in [-0.15, -0.1) is 11.3 Å². The van der Waals surface area contributed by atoms with E-state index >= 15 is 0 Å². The molecule has 3 heterocycles. The maximum absolute atomic E-state index is 13.1. The summed E-state index contributed by atoms with van der Waals surface area (Å²) < 4.78 is 44.3. The Hall–Kier alpha value is -2.70. The van der Waals surface area contributed by atoms with Crippen molar-refractivity contribution in [3.63, 3.8) is 0 Å². The number of nitrogens with two attached hydrogens (primary N) is 2. The van der Waals surface area contributed by atoms with Crippen LogP contribution in [0.4, 0.5) is 13.2 Å². The van der Waals surface area contributed by atoms with Crippen LogP contribution in [0.2, 0.25) is 0 Å². The lowest BCUT2D eigenvalue weighted by molar-refractivity contribution is -0.252. The van der Waals surface area contributed by atoms with Crippen LogP contribution in [0, 0.1) is 5.92 Å².